The van der Waals surface area contributed by atoms with Gasteiger partial charge in [-0.2, -0.15) is 0 Å². The van der Waals surface area contributed by atoms with Gasteiger partial charge in [0.05, 0.1) is 6.26 Å². The number of aliphatic hydroxyl groups is 1. The van der Waals surface area contributed by atoms with Crippen LogP contribution < -0.4 is 0 Å². The lowest BCUT2D eigenvalue weighted by atomic mass is 9.93. The number of hydrogen-bond acceptors (Lipinski definition) is 2. The van der Waals surface area contributed by atoms with Crippen LogP contribution in [0.15, 0.2) is 12.3 Å². The molecule has 0 saturated carbocycles. The zero-order chi connectivity index (χ0) is 8.16. The van der Waals surface area contributed by atoms with Crippen molar-refractivity contribution < 1.29 is 9.84 Å². The molecule has 0 saturated heterocycles. The molecular weight excluding hydrogens is 140 g/mol. The molecule has 1 heterocycles. The molecule has 1 atom stereocenters. The van der Waals surface area contributed by atoms with Crippen LogP contribution in [-0.2, 0) is 4.74 Å². The first-order chi connectivity index (χ1) is 5.27. The standard InChI is InChI=1S/C9H16O2/c1-9(6-4-7-10)5-2-3-8-11-9/h3,8,10H,2,4-7H2,1H3. The first-order valence-corrected chi connectivity index (χ1v) is 4.20. The summed E-state index contributed by atoms with van der Waals surface area (Å²) in [4.78, 5) is 0. The van der Waals surface area contributed by atoms with E-state index in [0.717, 1.165) is 25.7 Å². The molecule has 0 aromatic heterocycles. The van der Waals surface area contributed by atoms with Crippen LogP contribution in [0.5, 0.6) is 0 Å². The Kier molecular flexibility index (Phi) is 2.94. The van der Waals surface area contributed by atoms with Crippen LogP contribution in [0, 0.1) is 0 Å². The molecule has 0 radical (unpaired) electrons. The average molecular weight is 156 g/mol. The molecule has 2 heteroatoms. The number of aliphatic hydroxyl groups excluding tert-OH is 1. The smallest absolute Gasteiger partial charge is 0.106 e. The minimum atomic E-state index is -0.0164. The van der Waals surface area contributed by atoms with E-state index in [1.807, 2.05) is 6.08 Å². The van der Waals surface area contributed by atoms with Gasteiger partial charge in [0.15, 0.2) is 0 Å². The van der Waals surface area contributed by atoms with E-state index in [1.54, 1.807) is 6.26 Å². The summed E-state index contributed by atoms with van der Waals surface area (Å²) in [5.74, 6) is 0. The third-order valence-electron chi connectivity index (χ3n) is 2.15. The Hall–Kier alpha value is -0.500. The van der Waals surface area contributed by atoms with E-state index in [9.17, 15) is 0 Å². The van der Waals surface area contributed by atoms with Gasteiger partial charge in [0.1, 0.15) is 5.60 Å². The third-order valence-corrected chi connectivity index (χ3v) is 2.15. The second kappa shape index (κ2) is 3.77. The maximum absolute atomic E-state index is 8.64. The molecule has 0 fully saturated rings. The van der Waals surface area contributed by atoms with Gasteiger partial charge < -0.3 is 9.84 Å². The van der Waals surface area contributed by atoms with Gasteiger partial charge in [0.2, 0.25) is 0 Å². The van der Waals surface area contributed by atoms with E-state index in [2.05, 4.69) is 6.92 Å². The van der Waals surface area contributed by atoms with Crippen LogP contribution in [0.1, 0.15) is 32.6 Å². The van der Waals surface area contributed by atoms with Gasteiger partial charge in [-0.15, -0.1) is 0 Å². The van der Waals surface area contributed by atoms with Crippen LogP contribution in [0.25, 0.3) is 0 Å². The summed E-state index contributed by atoms with van der Waals surface area (Å²) in [5.41, 5.74) is -0.0164. The average Bonchev–Trinajstić information content (AvgIpc) is 2.03. The Morgan fingerprint density at radius 3 is 3.00 bits per heavy atom. The van der Waals surface area contributed by atoms with Crippen molar-refractivity contribution in [3.05, 3.63) is 12.3 Å². The van der Waals surface area contributed by atoms with Crippen LogP contribution in [-0.4, -0.2) is 17.3 Å². The third kappa shape index (κ3) is 2.54. The fourth-order valence-corrected chi connectivity index (χ4v) is 1.36. The Bertz CT molecular complexity index is 142. The van der Waals surface area contributed by atoms with Crippen LogP contribution in [0.3, 0.4) is 0 Å². The van der Waals surface area contributed by atoms with Crippen LogP contribution in [0.4, 0.5) is 0 Å². The molecule has 1 unspecified atom stereocenters. The van der Waals surface area contributed by atoms with Gasteiger partial charge in [-0.1, -0.05) is 0 Å². The molecule has 11 heavy (non-hydrogen) atoms. The van der Waals surface area contributed by atoms with Crippen molar-refractivity contribution in [1.82, 2.24) is 0 Å². The summed E-state index contributed by atoms with van der Waals surface area (Å²) in [6.07, 6.45) is 7.78. The molecule has 1 N–H and O–H groups in total. The monoisotopic (exact) mass is 156 g/mol. The Balaban J connectivity index is 2.33. The fraction of sp³-hybridized carbons (Fsp3) is 0.778. The number of ether oxygens (including phenoxy) is 1. The molecule has 0 spiro atoms. The van der Waals surface area contributed by atoms with E-state index in [0.29, 0.717) is 0 Å². The van der Waals surface area contributed by atoms with Gasteiger partial charge >= 0.3 is 0 Å². The number of allylic oxidation sites excluding steroid dienone is 1. The van der Waals surface area contributed by atoms with Gasteiger partial charge in [0.25, 0.3) is 0 Å². The SMILES string of the molecule is CC1(CCCO)CCC=CO1. The number of hydrogen-bond donors (Lipinski definition) is 1. The summed E-state index contributed by atoms with van der Waals surface area (Å²) in [6, 6.07) is 0. The topological polar surface area (TPSA) is 29.5 Å². The van der Waals surface area contributed by atoms with Crippen LogP contribution in [0.2, 0.25) is 0 Å². The summed E-state index contributed by atoms with van der Waals surface area (Å²) in [5, 5.41) is 8.64. The van der Waals surface area contributed by atoms with E-state index >= 15 is 0 Å². The zero-order valence-electron chi connectivity index (χ0n) is 7.05. The predicted octanol–water partition coefficient (Wildman–Crippen LogP) is 1.84. The number of rotatable bonds is 3. The van der Waals surface area contributed by atoms with Gasteiger partial charge in [0, 0.05) is 6.61 Å². The molecule has 1 rings (SSSR count). The quantitative estimate of drug-likeness (QED) is 0.675. The lowest BCUT2D eigenvalue weighted by Crippen LogP contribution is -2.28. The summed E-state index contributed by atoms with van der Waals surface area (Å²) < 4.78 is 5.48. The molecule has 64 valence electrons. The maximum Gasteiger partial charge on any atom is 0.106 e. The molecular formula is C9H16O2. The molecule has 2 nitrogen and oxygen atoms in total. The Morgan fingerprint density at radius 1 is 1.64 bits per heavy atom. The molecule has 0 aliphatic carbocycles. The summed E-state index contributed by atoms with van der Waals surface area (Å²) in [7, 11) is 0. The van der Waals surface area contributed by atoms with Crippen molar-refractivity contribution in [3.8, 4) is 0 Å². The second-order valence-electron chi connectivity index (χ2n) is 3.31. The minimum absolute atomic E-state index is 0.0164. The lowest BCUT2D eigenvalue weighted by Gasteiger charge is -2.31. The minimum Gasteiger partial charge on any atom is -0.496 e. The molecule has 0 bridgehead atoms. The Labute approximate surface area is 67.9 Å². The van der Waals surface area contributed by atoms with E-state index in [-0.39, 0.29) is 12.2 Å². The van der Waals surface area contributed by atoms with Crippen molar-refractivity contribution in [2.75, 3.05) is 6.61 Å². The highest BCUT2D eigenvalue weighted by Gasteiger charge is 2.25. The first-order valence-electron chi connectivity index (χ1n) is 4.20. The highest BCUT2D eigenvalue weighted by Crippen LogP contribution is 2.27. The molecule has 0 aromatic rings. The maximum atomic E-state index is 8.64. The molecule has 1 aliphatic rings. The molecule has 1 aliphatic heterocycles. The van der Waals surface area contributed by atoms with Crippen molar-refractivity contribution in [2.24, 2.45) is 0 Å². The normalized spacial score (nSPS) is 30.0. The van der Waals surface area contributed by atoms with E-state index < -0.39 is 0 Å². The van der Waals surface area contributed by atoms with Crippen molar-refractivity contribution in [1.29, 1.82) is 0 Å². The predicted molar refractivity (Wildman–Crippen MR) is 44.2 cm³/mol. The van der Waals surface area contributed by atoms with Gasteiger partial charge in [-0.25, -0.2) is 0 Å². The first kappa shape index (κ1) is 8.60. The highest BCUT2D eigenvalue weighted by molar-refractivity contribution is 4.89. The summed E-state index contributed by atoms with van der Waals surface area (Å²) in [6.45, 7) is 2.37. The second-order valence-corrected chi connectivity index (χ2v) is 3.31. The van der Waals surface area contributed by atoms with Gasteiger partial charge in [-0.05, 0) is 38.7 Å². The lowest BCUT2D eigenvalue weighted by molar-refractivity contribution is 0.00881. The summed E-state index contributed by atoms with van der Waals surface area (Å²) >= 11 is 0. The van der Waals surface area contributed by atoms with Crippen LogP contribution >= 0.6 is 0 Å². The van der Waals surface area contributed by atoms with E-state index in [4.69, 9.17) is 9.84 Å². The van der Waals surface area contributed by atoms with E-state index in [1.165, 1.54) is 0 Å². The van der Waals surface area contributed by atoms with Crippen molar-refractivity contribution in [3.63, 3.8) is 0 Å². The van der Waals surface area contributed by atoms with Crippen molar-refractivity contribution in [2.45, 2.75) is 38.2 Å². The molecule has 0 amide bonds. The Morgan fingerprint density at radius 2 is 2.45 bits per heavy atom. The molecule has 0 aromatic carbocycles. The van der Waals surface area contributed by atoms with Gasteiger partial charge in [-0.3, -0.25) is 0 Å². The largest absolute Gasteiger partial charge is 0.496 e. The van der Waals surface area contributed by atoms with Crippen molar-refractivity contribution >= 4 is 0 Å². The fourth-order valence-electron chi connectivity index (χ4n) is 1.36. The zero-order valence-corrected chi connectivity index (χ0v) is 7.05. The highest BCUT2D eigenvalue weighted by atomic mass is 16.5.